The van der Waals surface area contributed by atoms with Crippen LogP contribution in [0.1, 0.15) is 57.5 Å². The van der Waals surface area contributed by atoms with Crippen molar-refractivity contribution >= 4 is 28.6 Å². The molecule has 1 heterocycles. The molecule has 0 aromatic carbocycles. The van der Waals surface area contributed by atoms with Crippen LogP contribution in [0.4, 0.5) is 0 Å². The summed E-state index contributed by atoms with van der Waals surface area (Å²) in [7, 11) is 0. The Kier molecular flexibility index (Phi) is 12.2. The average Bonchev–Trinajstić information content (AvgIpc) is 3.24. The topological polar surface area (TPSA) is 126 Å². The number of hydrogen-bond donors (Lipinski definition) is 4. The highest BCUT2D eigenvalue weighted by atomic mass is 127. The van der Waals surface area contributed by atoms with Crippen LogP contribution in [0.15, 0.2) is 33.0 Å². The van der Waals surface area contributed by atoms with Crippen molar-refractivity contribution in [2.24, 2.45) is 23.5 Å². The van der Waals surface area contributed by atoms with Gasteiger partial charge in [0.25, 0.3) is 0 Å². The Hall–Kier alpha value is -0.940. The number of aliphatic hydroxyl groups excluding tert-OH is 3. The molecule has 7 nitrogen and oxygen atoms in total. The Balaban J connectivity index is 2.82. The average molecular weight is 537 g/mol. The van der Waals surface area contributed by atoms with E-state index in [0.717, 1.165) is 0 Å². The molecule has 0 fully saturated rings. The maximum Gasteiger partial charge on any atom is 0.374 e. The molecule has 8 heteroatoms. The molecule has 0 aliphatic carbocycles. The molecule has 172 valence electrons. The van der Waals surface area contributed by atoms with Gasteiger partial charge in [-0.05, 0) is 35.0 Å². The molecule has 1 aromatic heterocycles. The molecule has 0 aliphatic rings. The molecular formula is C22H36INO6. The third kappa shape index (κ3) is 8.66. The monoisotopic (exact) mass is 537 g/mol. The summed E-state index contributed by atoms with van der Waals surface area (Å²) < 4.78 is 12.6. The SMILES string of the molecule is CC(C)[C@@H](O)C[C@H](O)[C@@H](N)CC[C@@H](OC(=O)c1ccco1)[C@H](C)[C@H](O)[C@H](C)/C=C/I. The maximum absolute atomic E-state index is 12.4. The van der Waals surface area contributed by atoms with Crippen LogP contribution in [-0.4, -0.2) is 51.7 Å². The summed E-state index contributed by atoms with van der Waals surface area (Å²) in [5.74, 6) is -0.979. The first-order valence-electron chi connectivity index (χ1n) is 10.4. The van der Waals surface area contributed by atoms with E-state index in [1.165, 1.54) is 12.3 Å². The van der Waals surface area contributed by atoms with Gasteiger partial charge in [-0.2, -0.15) is 0 Å². The fourth-order valence-electron chi connectivity index (χ4n) is 3.19. The number of esters is 1. The zero-order chi connectivity index (χ0) is 22.8. The van der Waals surface area contributed by atoms with Crippen LogP contribution in [0.2, 0.25) is 0 Å². The number of halogens is 1. The molecule has 0 saturated carbocycles. The summed E-state index contributed by atoms with van der Waals surface area (Å²) in [6, 6.07) is 2.54. The second kappa shape index (κ2) is 13.5. The van der Waals surface area contributed by atoms with Crippen LogP contribution >= 0.6 is 22.6 Å². The third-order valence-corrected chi connectivity index (χ3v) is 5.97. The first kappa shape index (κ1) is 27.1. The van der Waals surface area contributed by atoms with Crippen LogP contribution in [0.25, 0.3) is 0 Å². The Morgan fingerprint density at radius 3 is 2.40 bits per heavy atom. The standard InChI is InChI=1S/C22H36INO6/c1-13(2)17(25)12-18(26)16(24)7-8-19(15(4)21(27)14(3)9-10-23)30-22(28)20-6-5-11-29-20/h5-6,9-11,13-19,21,25-27H,7-8,12,24H2,1-4H3/b10-9+/t14-,15+,16+,17+,18+,19-,21-/m1/s1. The fraction of sp³-hybridized carbons (Fsp3) is 0.682. The Morgan fingerprint density at radius 1 is 1.20 bits per heavy atom. The van der Waals surface area contributed by atoms with E-state index in [4.69, 9.17) is 14.9 Å². The Bertz CT molecular complexity index is 636. The van der Waals surface area contributed by atoms with Crippen molar-refractivity contribution in [1.29, 1.82) is 0 Å². The summed E-state index contributed by atoms with van der Waals surface area (Å²) in [6.45, 7) is 7.47. The highest BCUT2D eigenvalue weighted by molar-refractivity contribution is 14.1. The van der Waals surface area contributed by atoms with E-state index in [9.17, 15) is 20.1 Å². The van der Waals surface area contributed by atoms with Crippen molar-refractivity contribution in [2.75, 3.05) is 0 Å². The van der Waals surface area contributed by atoms with Crippen LogP contribution in [0, 0.1) is 17.8 Å². The summed E-state index contributed by atoms with van der Waals surface area (Å²) in [4.78, 5) is 12.4. The number of ether oxygens (including phenoxy) is 1. The number of rotatable bonds is 13. The Labute approximate surface area is 192 Å². The van der Waals surface area contributed by atoms with E-state index in [2.05, 4.69) is 22.6 Å². The predicted molar refractivity (Wildman–Crippen MR) is 124 cm³/mol. The number of nitrogens with two attached hydrogens (primary N) is 1. The van der Waals surface area contributed by atoms with E-state index < -0.39 is 36.4 Å². The second-order valence-corrected chi connectivity index (χ2v) is 9.02. The maximum atomic E-state index is 12.4. The molecule has 30 heavy (non-hydrogen) atoms. The lowest BCUT2D eigenvalue weighted by atomic mass is 9.86. The Morgan fingerprint density at radius 2 is 1.87 bits per heavy atom. The van der Waals surface area contributed by atoms with Gasteiger partial charge in [-0.3, -0.25) is 0 Å². The molecule has 0 unspecified atom stereocenters. The first-order chi connectivity index (χ1) is 14.1. The molecular weight excluding hydrogens is 501 g/mol. The summed E-state index contributed by atoms with van der Waals surface area (Å²) in [5, 5.41) is 31.0. The lowest BCUT2D eigenvalue weighted by Crippen LogP contribution is -2.41. The van der Waals surface area contributed by atoms with Gasteiger partial charge in [0.1, 0.15) is 6.10 Å². The highest BCUT2D eigenvalue weighted by Gasteiger charge is 2.32. The van der Waals surface area contributed by atoms with Crippen molar-refractivity contribution in [3.8, 4) is 0 Å². The largest absolute Gasteiger partial charge is 0.457 e. The summed E-state index contributed by atoms with van der Waals surface area (Å²) in [6.07, 6.45) is 1.34. The van der Waals surface area contributed by atoms with Gasteiger partial charge in [0.15, 0.2) is 0 Å². The van der Waals surface area contributed by atoms with E-state index in [1.807, 2.05) is 37.9 Å². The van der Waals surface area contributed by atoms with Crippen LogP contribution in [-0.2, 0) is 4.74 Å². The van der Waals surface area contributed by atoms with E-state index in [-0.39, 0.29) is 29.9 Å². The van der Waals surface area contributed by atoms with Crippen LogP contribution < -0.4 is 5.73 Å². The van der Waals surface area contributed by atoms with Crippen molar-refractivity contribution in [2.45, 2.75) is 77.4 Å². The molecule has 0 amide bonds. The van der Waals surface area contributed by atoms with E-state index in [1.54, 1.807) is 6.07 Å². The van der Waals surface area contributed by atoms with E-state index in [0.29, 0.717) is 12.8 Å². The molecule has 1 rings (SSSR count). The predicted octanol–water partition coefficient (Wildman–Crippen LogP) is 3.26. The lowest BCUT2D eigenvalue weighted by Gasteiger charge is -2.31. The minimum absolute atomic E-state index is 0.0245. The van der Waals surface area contributed by atoms with Crippen LogP contribution in [0.3, 0.4) is 0 Å². The molecule has 0 saturated heterocycles. The molecule has 0 bridgehead atoms. The van der Waals surface area contributed by atoms with Gasteiger partial charge in [-0.25, -0.2) is 4.79 Å². The van der Waals surface area contributed by atoms with Gasteiger partial charge in [0, 0.05) is 24.3 Å². The number of carbonyl (C=O) groups is 1. The van der Waals surface area contributed by atoms with Crippen molar-refractivity contribution in [3.05, 3.63) is 34.3 Å². The fourth-order valence-corrected chi connectivity index (χ4v) is 3.85. The molecule has 0 radical (unpaired) electrons. The van der Waals surface area contributed by atoms with Gasteiger partial charge in [-0.1, -0.05) is 56.4 Å². The van der Waals surface area contributed by atoms with Gasteiger partial charge in [0.2, 0.25) is 5.76 Å². The molecule has 7 atom stereocenters. The first-order valence-corrected chi connectivity index (χ1v) is 11.6. The number of hydrogen-bond acceptors (Lipinski definition) is 7. The van der Waals surface area contributed by atoms with E-state index >= 15 is 0 Å². The van der Waals surface area contributed by atoms with Crippen molar-refractivity contribution in [3.63, 3.8) is 0 Å². The summed E-state index contributed by atoms with van der Waals surface area (Å²) >= 11 is 2.10. The van der Waals surface area contributed by atoms with Gasteiger partial charge in [-0.15, -0.1) is 0 Å². The van der Waals surface area contributed by atoms with Gasteiger partial charge < -0.3 is 30.2 Å². The molecule has 1 aromatic rings. The minimum Gasteiger partial charge on any atom is -0.457 e. The number of furan rings is 1. The van der Waals surface area contributed by atoms with Crippen molar-refractivity contribution in [1.82, 2.24) is 0 Å². The minimum atomic E-state index is -0.870. The molecule has 5 N–H and O–H groups in total. The zero-order valence-electron chi connectivity index (χ0n) is 18.1. The van der Waals surface area contributed by atoms with Gasteiger partial charge in [0.05, 0.1) is 24.6 Å². The van der Waals surface area contributed by atoms with Crippen molar-refractivity contribution < 1.29 is 29.3 Å². The van der Waals surface area contributed by atoms with Gasteiger partial charge >= 0.3 is 5.97 Å². The normalized spacial score (nSPS) is 19.3. The number of carbonyl (C=O) groups excluding carboxylic acids is 1. The number of aliphatic hydroxyl groups is 3. The summed E-state index contributed by atoms with van der Waals surface area (Å²) in [5.41, 5.74) is 6.13. The molecule has 0 aliphatic heterocycles. The quantitative estimate of drug-likeness (QED) is 0.225. The zero-order valence-corrected chi connectivity index (χ0v) is 20.3. The second-order valence-electron chi connectivity index (χ2n) is 8.30. The lowest BCUT2D eigenvalue weighted by molar-refractivity contribution is -0.0303. The highest BCUT2D eigenvalue weighted by Crippen LogP contribution is 2.25. The molecule has 0 spiro atoms. The smallest absolute Gasteiger partial charge is 0.374 e. The third-order valence-electron chi connectivity index (χ3n) is 5.55. The van der Waals surface area contributed by atoms with Crippen LogP contribution in [0.5, 0.6) is 0 Å².